The van der Waals surface area contributed by atoms with Crippen molar-refractivity contribution >= 4 is 11.7 Å². The van der Waals surface area contributed by atoms with Gasteiger partial charge in [-0.25, -0.2) is 0 Å². The zero-order valence-corrected chi connectivity index (χ0v) is 11.7. The van der Waals surface area contributed by atoms with E-state index in [9.17, 15) is 9.59 Å². The molecular weight excluding hydrogens is 230 g/mol. The first kappa shape index (κ1) is 13.3. The molecule has 2 aliphatic rings. The number of rotatable bonds is 4. The zero-order valence-electron chi connectivity index (χ0n) is 11.7. The van der Waals surface area contributed by atoms with Gasteiger partial charge in [0.2, 0.25) is 5.91 Å². The summed E-state index contributed by atoms with van der Waals surface area (Å²) in [5.41, 5.74) is -0.176. The van der Waals surface area contributed by atoms with Gasteiger partial charge in [0.1, 0.15) is 0 Å². The lowest BCUT2D eigenvalue weighted by atomic mass is 9.92. The molecule has 100 valence electrons. The summed E-state index contributed by atoms with van der Waals surface area (Å²) in [6.45, 7) is 8.13. The van der Waals surface area contributed by atoms with Gasteiger partial charge in [0.25, 0.3) is 0 Å². The van der Waals surface area contributed by atoms with Gasteiger partial charge < -0.3 is 10.1 Å². The van der Waals surface area contributed by atoms with E-state index in [2.05, 4.69) is 5.32 Å². The van der Waals surface area contributed by atoms with Gasteiger partial charge >= 0.3 is 0 Å². The average Bonchev–Trinajstić information content (AvgIpc) is 2.57. The molecule has 3 atom stereocenters. The van der Waals surface area contributed by atoms with Gasteiger partial charge in [-0.1, -0.05) is 19.9 Å². The Labute approximate surface area is 108 Å². The lowest BCUT2D eigenvalue weighted by molar-refractivity contribution is -0.127. The number of amides is 1. The summed E-state index contributed by atoms with van der Waals surface area (Å²) in [4.78, 5) is 24.4. The van der Waals surface area contributed by atoms with Crippen LogP contribution in [0.4, 0.5) is 0 Å². The Morgan fingerprint density at radius 3 is 2.67 bits per heavy atom. The minimum absolute atomic E-state index is 0.0432. The van der Waals surface area contributed by atoms with Crippen LogP contribution >= 0.6 is 0 Å². The van der Waals surface area contributed by atoms with Crippen LogP contribution in [0, 0.1) is 16.7 Å². The van der Waals surface area contributed by atoms with E-state index in [0.717, 1.165) is 0 Å². The molecule has 2 aliphatic carbocycles. The third-order valence-electron chi connectivity index (χ3n) is 4.42. The fourth-order valence-corrected chi connectivity index (χ4v) is 3.37. The van der Waals surface area contributed by atoms with Crippen molar-refractivity contribution in [1.29, 1.82) is 0 Å². The number of hydrogen-bond donors (Lipinski definition) is 1. The lowest BCUT2D eigenvalue weighted by Gasteiger charge is -2.19. The number of hydrogen-bond acceptors (Lipinski definition) is 3. The molecule has 0 aromatic heterocycles. The molecule has 0 spiro atoms. The van der Waals surface area contributed by atoms with Gasteiger partial charge in [-0.05, 0) is 24.8 Å². The minimum Gasteiger partial charge on any atom is -0.383 e. The van der Waals surface area contributed by atoms with Crippen LogP contribution in [0.2, 0.25) is 0 Å². The number of ketones is 1. The zero-order chi connectivity index (χ0) is 13.7. The first-order chi connectivity index (χ1) is 8.29. The molecule has 1 saturated carbocycles. The van der Waals surface area contributed by atoms with Crippen LogP contribution in [0.1, 0.15) is 27.7 Å². The van der Waals surface area contributed by atoms with Gasteiger partial charge in [0.15, 0.2) is 5.78 Å². The Bertz CT molecular complexity index is 438. The summed E-state index contributed by atoms with van der Waals surface area (Å²) in [5.74, 6) is -0.110. The third-order valence-corrected chi connectivity index (χ3v) is 4.42. The SMILES string of the molecule is COC[C@H](C)NC(=O)[C@@]12C=C(C)C(=O)[C@@H]1C2(C)C. The predicted octanol–water partition coefficient (Wildman–Crippen LogP) is 1.31. The number of carbonyl (C=O) groups is 2. The second-order valence-corrected chi connectivity index (χ2v) is 6.05. The van der Waals surface area contributed by atoms with Gasteiger partial charge in [-0.15, -0.1) is 0 Å². The highest BCUT2D eigenvalue weighted by Crippen LogP contribution is 2.73. The standard InChI is InChI=1S/C14H21NO3/c1-8-6-14(11(10(8)16)13(14,3)4)12(17)15-9(2)7-18-5/h6,9,11H,7H2,1-5H3,(H,15,17)/t9-,11+,14+/m0/s1. The van der Waals surface area contributed by atoms with E-state index >= 15 is 0 Å². The second-order valence-electron chi connectivity index (χ2n) is 6.05. The van der Waals surface area contributed by atoms with Crippen molar-refractivity contribution in [3.05, 3.63) is 11.6 Å². The van der Waals surface area contributed by atoms with Crippen molar-refractivity contribution < 1.29 is 14.3 Å². The van der Waals surface area contributed by atoms with E-state index in [4.69, 9.17) is 4.74 Å². The normalized spacial score (nSPS) is 33.7. The maximum Gasteiger partial charge on any atom is 0.231 e. The maximum absolute atomic E-state index is 12.4. The monoisotopic (exact) mass is 251 g/mol. The molecule has 0 saturated heterocycles. The van der Waals surface area contributed by atoms with Crippen molar-refractivity contribution in [3.8, 4) is 0 Å². The molecular formula is C14H21NO3. The van der Waals surface area contributed by atoms with Crippen LogP contribution in [0.5, 0.6) is 0 Å². The van der Waals surface area contributed by atoms with Crippen molar-refractivity contribution in [1.82, 2.24) is 5.32 Å². The molecule has 1 N–H and O–H groups in total. The Kier molecular flexibility index (Phi) is 2.89. The molecule has 1 fully saturated rings. The number of carbonyl (C=O) groups excluding carboxylic acids is 2. The Morgan fingerprint density at radius 1 is 1.56 bits per heavy atom. The van der Waals surface area contributed by atoms with Crippen molar-refractivity contribution in [2.24, 2.45) is 16.7 Å². The Hall–Kier alpha value is -1.16. The Morgan fingerprint density at radius 2 is 2.17 bits per heavy atom. The molecule has 4 nitrogen and oxygen atoms in total. The molecule has 0 aromatic rings. The van der Waals surface area contributed by atoms with E-state index < -0.39 is 5.41 Å². The molecule has 1 amide bonds. The molecule has 0 aromatic carbocycles. The van der Waals surface area contributed by atoms with Crippen LogP contribution in [-0.2, 0) is 14.3 Å². The molecule has 0 heterocycles. The minimum atomic E-state index is -0.629. The summed E-state index contributed by atoms with van der Waals surface area (Å²) in [5, 5.41) is 2.94. The van der Waals surface area contributed by atoms with Crippen LogP contribution in [-0.4, -0.2) is 31.4 Å². The maximum atomic E-state index is 12.4. The molecule has 2 rings (SSSR count). The summed E-state index contributed by atoms with van der Waals surface area (Å²) in [6, 6.07) is -0.0432. The van der Waals surface area contributed by atoms with Crippen molar-refractivity contribution in [2.45, 2.75) is 33.7 Å². The van der Waals surface area contributed by atoms with E-state index in [0.29, 0.717) is 12.2 Å². The second kappa shape index (κ2) is 3.92. The van der Waals surface area contributed by atoms with Crippen LogP contribution in [0.3, 0.4) is 0 Å². The van der Waals surface area contributed by atoms with Gasteiger partial charge in [0, 0.05) is 19.1 Å². The average molecular weight is 251 g/mol. The van der Waals surface area contributed by atoms with E-state index in [1.54, 1.807) is 14.0 Å². The summed E-state index contributed by atoms with van der Waals surface area (Å²) >= 11 is 0. The van der Waals surface area contributed by atoms with Gasteiger partial charge in [0.05, 0.1) is 12.0 Å². The molecule has 0 aliphatic heterocycles. The highest BCUT2D eigenvalue weighted by atomic mass is 16.5. The first-order valence-corrected chi connectivity index (χ1v) is 6.32. The fourth-order valence-electron chi connectivity index (χ4n) is 3.37. The van der Waals surface area contributed by atoms with E-state index in [1.165, 1.54) is 0 Å². The Balaban J connectivity index is 2.18. The molecule has 0 bridgehead atoms. The molecule has 18 heavy (non-hydrogen) atoms. The van der Waals surface area contributed by atoms with Crippen LogP contribution < -0.4 is 5.32 Å². The number of methoxy groups -OCH3 is 1. The molecule has 0 radical (unpaired) electrons. The fraction of sp³-hybridized carbons (Fsp3) is 0.714. The summed E-state index contributed by atoms with van der Waals surface area (Å²) in [6.07, 6.45) is 1.86. The topological polar surface area (TPSA) is 55.4 Å². The number of Topliss-reactive ketones (excluding diaryl/α,β-unsaturated/α-hetero) is 1. The smallest absolute Gasteiger partial charge is 0.231 e. The highest BCUT2D eigenvalue weighted by Gasteiger charge is 2.79. The predicted molar refractivity (Wildman–Crippen MR) is 67.9 cm³/mol. The molecule has 4 heteroatoms. The summed E-state index contributed by atoms with van der Waals surface area (Å²) < 4.78 is 5.01. The third kappa shape index (κ3) is 1.48. The highest BCUT2D eigenvalue weighted by molar-refractivity contribution is 6.12. The first-order valence-electron chi connectivity index (χ1n) is 6.32. The van der Waals surface area contributed by atoms with E-state index in [-0.39, 0.29) is 29.1 Å². The largest absolute Gasteiger partial charge is 0.383 e. The lowest BCUT2D eigenvalue weighted by Crippen LogP contribution is -2.41. The van der Waals surface area contributed by atoms with E-state index in [1.807, 2.05) is 26.8 Å². The van der Waals surface area contributed by atoms with Crippen molar-refractivity contribution in [3.63, 3.8) is 0 Å². The van der Waals surface area contributed by atoms with Crippen LogP contribution in [0.15, 0.2) is 11.6 Å². The van der Waals surface area contributed by atoms with Gasteiger partial charge in [-0.2, -0.15) is 0 Å². The van der Waals surface area contributed by atoms with Gasteiger partial charge in [-0.3, -0.25) is 9.59 Å². The number of allylic oxidation sites excluding steroid dienone is 1. The quantitative estimate of drug-likeness (QED) is 0.819. The molecule has 0 unspecified atom stereocenters. The number of nitrogens with one attached hydrogen (secondary N) is 1. The van der Waals surface area contributed by atoms with Crippen molar-refractivity contribution in [2.75, 3.05) is 13.7 Å². The summed E-state index contributed by atoms with van der Waals surface area (Å²) in [7, 11) is 1.61. The number of ether oxygens (including phenoxy) is 1. The number of fused-ring (bicyclic) bond motifs is 1. The van der Waals surface area contributed by atoms with Crippen LogP contribution in [0.25, 0.3) is 0 Å².